The largest absolute Gasteiger partial charge is 0.496 e. The van der Waals surface area contributed by atoms with E-state index in [1.165, 1.54) is 0 Å². The predicted molar refractivity (Wildman–Crippen MR) is 70.6 cm³/mol. The number of hydrogen-bond donors (Lipinski definition) is 2. The Kier molecular flexibility index (Phi) is 5.65. The summed E-state index contributed by atoms with van der Waals surface area (Å²) < 4.78 is 5.23. The van der Waals surface area contributed by atoms with Crippen LogP contribution in [0.1, 0.15) is 36.5 Å². The number of carbonyl (C=O) groups is 1. The highest BCUT2D eigenvalue weighted by atomic mass is 16.5. The summed E-state index contributed by atoms with van der Waals surface area (Å²) in [5.74, 6) is 0.687. The van der Waals surface area contributed by atoms with Gasteiger partial charge in [0.25, 0.3) is 0 Å². The van der Waals surface area contributed by atoms with E-state index in [9.17, 15) is 9.90 Å². The molecule has 1 unspecified atom stereocenters. The van der Waals surface area contributed by atoms with E-state index in [4.69, 9.17) is 4.74 Å². The third kappa shape index (κ3) is 4.04. The first kappa shape index (κ1) is 14.5. The molecule has 100 valence electrons. The minimum Gasteiger partial charge on any atom is -0.496 e. The average Bonchev–Trinajstić information content (AvgIpc) is 2.38. The van der Waals surface area contributed by atoms with Gasteiger partial charge >= 0.3 is 0 Å². The van der Waals surface area contributed by atoms with Gasteiger partial charge in [0, 0.05) is 19.0 Å². The van der Waals surface area contributed by atoms with Crippen LogP contribution in [0.15, 0.2) is 18.2 Å². The number of methoxy groups -OCH3 is 1. The molecule has 2 N–H and O–H groups in total. The second-order valence-corrected chi connectivity index (χ2v) is 4.33. The lowest BCUT2D eigenvalue weighted by molar-refractivity contribution is -0.120. The number of hydrogen-bond acceptors (Lipinski definition) is 3. The predicted octanol–water partition coefficient (Wildman–Crippen LogP) is 1.95. The monoisotopic (exact) mass is 251 g/mol. The Balaban J connectivity index is 2.62. The number of rotatable bonds is 6. The maximum absolute atomic E-state index is 11.1. The number of carbonyl (C=O) groups excluding carboxylic acids is 1. The fourth-order valence-electron chi connectivity index (χ4n) is 1.85. The van der Waals surface area contributed by atoms with Crippen LogP contribution in [-0.2, 0) is 4.79 Å². The van der Waals surface area contributed by atoms with E-state index in [2.05, 4.69) is 5.32 Å². The Labute approximate surface area is 108 Å². The van der Waals surface area contributed by atoms with Gasteiger partial charge in [-0.05, 0) is 31.9 Å². The molecule has 4 heteroatoms. The number of aliphatic hydroxyl groups excluding tert-OH is 1. The molecule has 1 aromatic carbocycles. The zero-order chi connectivity index (χ0) is 13.5. The summed E-state index contributed by atoms with van der Waals surface area (Å²) >= 11 is 0. The molecule has 0 spiro atoms. The molecule has 1 atom stereocenters. The lowest BCUT2D eigenvalue weighted by atomic mass is 10.0. The normalized spacial score (nSPS) is 12.0. The lowest BCUT2D eigenvalue weighted by Crippen LogP contribution is -2.17. The lowest BCUT2D eigenvalue weighted by Gasteiger charge is -2.15. The van der Waals surface area contributed by atoms with Crippen LogP contribution < -0.4 is 10.1 Å². The molecule has 0 radical (unpaired) electrons. The highest BCUT2D eigenvalue weighted by molar-refractivity contribution is 5.75. The highest BCUT2D eigenvalue weighted by Crippen LogP contribution is 2.29. The number of benzene rings is 1. The summed E-state index contributed by atoms with van der Waals surface area (Å²) in [6, 6.07) is 5.72. The van der Waals surface area contributed by atoms with Crippen LogP contribution in [0.4, 0.5) is 0 Å². The van der Waals surface area contributed by atoms with Gasteiger partial charge in [0.05, 0.1) is 13.2 Å². The Morgan fingerprint density at radius 3 is 2.83 bits per heavy atom. The third-order valence-corrected chi connectivity index (χ3v) is 2.90. The fraction of sp³-hybridized carbons (Fsp3) is 0.500. The van der Waals surface area contributed by atoms with Crippen LogP contribution in [0.2, 0.25) is 0 Å². The molecule has 0 fully saturated rings. The van der Waals surface area contributed by atoms with E-state index in [0.29, 0.717) is 25.0 Å². The van der Waals surface area contributed by atoms with Gasteiger partial charge in [0.2, 0.25) is 5.91 Å². The van der Waals surface area contributed by atoms with Gasteiger partial charge in [0.1, 0.15) is 5.75 Å². The second kappa shape index (κ2) is 7.01. The molecule has 0 aliphatic heterocycles. The summed E-state index contributed by atoms with van der Waals surface area (Å²) in [6.07, 6.45) is 1.04. The minimum absolute atomic E-state index is 0.00147. The molecule has 0 aliphatic carbocycles. The molecule has 0 saturated carbocycles. The SMILES string of the molecule is CNC(=O)CCCC(O)c1cc(C)ccc1OC. The Bertz CT molecular complexity index is 404. The Morgan fingerprint density at radius 2 is 2.22 bits per heavy atom. The first-order chi connectivity index (χ1) is 8.58. The van der Waals surface area contributed by atoms with Crippen LogP contribution >= 0.6 is 0 Å². The number of aliphatic hydroxyl groups is 1. The molecular formula is C14H21NO3. The number of ether oxygens (including phenoxy) is 1. The van der Waals surface area contributed by atoms with Crippen molar-refractivity contribution in [2.45, 2.75) is 32.3 Å². The second-order valence-electron chi connectivity index (χ2n) is 4.33. The molecule has 4 nitrogen and oxygen atoms in total. The van der Waals surface area contributed by atoms with Crippen LogP contribution in [-0.4, -0.2) is 25.2 Å². The van der Waals surface area contributed by atoms with E-state index < -0.39 is 6.10 Å². The van der Waals surface area contributed by atoms with Crippen molar-refractivity contribution in [2.75, 3.05) is 14.2 Å². The molecule has 18 heavy (non-hydrogen) atoms. The molecule has 0 saturated heterocycles. The first-order valence-electron chi connectivity index (χ1n) is 6.11. The van der Waals surface area contributed by atoms with Crippen molar-refractivity contribution in [3.63, 3.8) is 0 Å². The molecule has 0 aromatic heterocycles. The van der Waals surface area contributed by atoms with Crippen LogP contribution in [0, 0.1) is 6.92 Å². The Morgan fingerprint density at radius 1 is 1.50 bits per heavy atom. The third-order valence-electron chi connectivity index (χ3n) is 2.90. The number of amides is 1. The van der Waals surface area contributed by atoms with Gasteiger partial charge in [-0.1, -0.05) is 11.6 Å². The van der Waals surface area contributed by atoms with Crippen molar-refractivity contribution in [1.82, 2.24) is 5.32 Å². The Hall–Kier alpha value is -1.55. The summed E-state index contributed by atoms with van der Waals surface area (Å²) in [6.45, 7) is 1.97. The topological polar surface area (TPSA) is 58.6 Å². The number of aryl methyl sites for hydroxylation is 1. The minimum atomic E-state index is -0.593. The quantitative estimate of drug-likeness (QED) is 0.812. The molecule has 0 bridgehead atoms. The van der Waals surface area contributed by atoms with Crippen LogP contribution in [0.25, 0.3) is 0 Å². The molecular weight excluding hydrogens is 230 g/mol. The van der Waals surface area contributed by atoms with Crippen molar-refractivity contribution >= 4 is 5.91 Å². The van der Waals surface area contributed by atoms with Crippen molar-refractivity contribution in [3.05, 3.63) is 29.3 Å². The van der Waals surface area contributed by atoms with Gasteiger partial charge in [0.15, 0.2) is 0 Å². The van der Waals surface area contributed by atoms with Crippen molar-refractivity contribution in [3.8, 4) is 5.75 Å². The van der Waals surface area contributed by atoms with Crippen molar-refractivity contribution in [2.24, 2.45) is 0 Å². The van der Waals surface area contributed by atoms with Gasteiger partial charge in [-0.3, -0.25) is 4.79 Å². The van der Waals surface area contributed by atoms with E-state index in [0.717, 1.165) is 11.1 Å². The smallest absolute Gasteiger partial charge is 0.219 e. The standard InChI is InChI=1S/C14H21NO3/c1-10-7-8-13(18-3)11(9-10)12(16)5-4-6-14(17)15-2/h7-9,12,16H,4-6H2,1-3H3,(H,15,17). The van der Waals surface area contributed by atoms with Gasteiger partial charge in [-0.2, -0.15) is 0 Å². The average molecular weight is 251 g/mol. The van der Waals surface area contributed by atoms with Gasteiger partial charge < -0.3 is 15.2 Å². The maximum Gasteiger partial charge on any atom is 0.219 e. The maximum atomic E-state index is 11.1. The number of nitrogens with one attached hydrogen (secondary N) is 1. The highest BCUT2D eigenvalue weighted by Gasteiger charge is 2.13. The molecule has 1 aromatic rings. The van der Waals surface area contributed by atoms with E-state index in [-0.39, 0.29) is 5.91 Å². The van der Waals surface area contributed by atoms with E-state index in [1.54, 1.807) is 14.2 Å². The van der Waals surface area contributed by atoms with Gasteiger partial charge in [-0.15, -0.1) is 0 Å². The first-order valence-corrected chi connectivity index (χ1v) is 6.11. The van der Waals surface area contributed by atoms with Crippen LogP contribution in [0.3, 0.4) is 0 Å². The summed E-state index contributed by atoms with van der Waals surface area (Å²) in [5.41, 5.74) is 1.87. The zero-order valence-corrected chi connectivity index (χ0v) is 11.2. The van der Waals surface area contributed by atoms with Gasteiger partial charge in [-0.25, -0.2) is 0 Å². The fourth-order valence-corrected chi connectivity index (χ4v) is 1.85. The van der Waals surface area contributed by atoms with E-state index in [1.807, 2.05) is 25.1 Å². The van der Waals surface area contributed by atoms with Crippen LogP contribution in [0.5, 0.6) is 5.75 Å². The van der Waals surface area contributed by atoms with Crippen molar-refractivity contribution < 1.29 is 14.6 Å². The summed E-state index contributed by atoms with van der Waals surface area (Å²) in [5, 5.41) is 12.7. The molecule has 0 heterocycles. The van der Waals surface area contributed by atoms with E-state index >= 15 is 0 Å². The molecule has 1 amide bonds. The summed E-state index contributed by atoms with van der Waals surface area (Å²) in [7, 11) is 3.20. The summed E-state index contributed by atoms with van der Waals surface area (Å²) in [4.78, 5) is 11.1. The zero-order valence-electron chi connectivity index (χ0n) is 11.2. The molecule has 1 rings (SSSR count). The molecule has 0 aliphatic rings. The van der Waals surface area contributed by atoms with Crippen molar-refractivity contribution in [1.29, 1.82) is 0 Å².